The van der Waals surface area contributed by atoms with Crippen LogP contribution in [0.2, 0.25) is 0 Å². The summed E-state index contributed by atoms with van der Waals surface area (Å²) in [6, 6.07) is 5.67. The molecule has 0 spiro atoms. The summed E-state index contributed by atoms with van der Waals surface area (Å²) >= 11 is 1.37. The molecule has 10 heteroatoms. The van der Waals surface area contributed by atoms with Crippen LogP contribution in [-0.2, 0) is 18.7 Å². The number of aryl methyl sites for hydroxylation is 2. The Morgan fingerprint density at radius 3 is 1.90 bits per heavy atom. The molecule has 0 aliphatic heterocycles. The summed E-state index contributed by atoms with van der Waals surface area (Å²) in [5.74, 6) is -6.81. The molecule has 3 rings (SSSR count). The Kier molecular flexibility index (Phi) is 6.05. The third kappa shape index (κ3) is 4.68. The molecule has 3 aromatic rings. The lowest BCUT2D eigenvalue weighted by molar-refractivity contribution is -0.188. The van der Waals surface area contributed by atoms with Crippen molar-refractivity contribution in [1.82, 2.24) is 0 Å². The topological polar surface area (TPSA) is 9.23 Å². The summed E-state index contributed by atoms with van der Waals surface area (Å²) in [5.41, 5.74) is -3.29. The third-order valence-electron chi connectivity index (χ3n) is 4.42. The maximum atomic E-state index is 14.6. The van der Waals surface area contributed by atoms with Crippen LogP contribution in [0.25, 0.3) is 10.4 Å². The lowest BCUT2D eigenvalue weighted by Crippen LogP contribution is -2.25. The number of hydrogen-bond acceptors (Lipinski definition) is 2. The van der Waals surface area contributed by atoms with Gasteiger partial charge in [-0.3, -0.25) is 0 Å². The summed E-state index contributed by atoms with van der Waals surface area (Å²) in [6.07, 6.45) is -9.03. The van der Waals surface area contributed by atoms with Gasteiger partial charge in [0.15, 0.2) is 0 Å². The molecule has 0 saturated carbocycles. The smallest absolute Gasteiger partial charge is 0.429 e. The van der Waals surface area contributed by atoms with E-state index in [1.165, 1.54) is 24.3 Å². The molecule has 1 heterocycles. The molecule has 2 aromatic carbocycles. The van der Waals surface area contributed by atoms with E-state index in [0.717, 1.165) is 17.4 Å². The monoisotopic (exact) mass is 466 g/mol. The number of hydrogen-bond donors (Lipinski definition) is 0. The highest BCUT2D eigenvalue weighted by atomic mass is 32.1. The van der Waals surface area contributed by atoms with Crippen LogP contribution in [0.5, 0.6) is 5.75 Å². The Morgan fingerprint density at radius 1 is 0.839 bits per heavy atom. The van der Waals surface area contributed by atoms with Crippen molar-refractivity contribution in [2.24, 2.45) is 0 Å². The summed E-state index contributed by atoms with van der Waals surface area (Å²) in [7, 11) is 0. The molecule has 0 aliphatic rings. The van der Waals surface area contributed by atoms with Crippen LogP contribution in [0, 0.1) is 24.4 Å². The Bertz CT molecular complexity index is 1070. The lowest BCUT2D eigenvalue weighted by Gasteiger charge is -2.22. The maximum Gasteiger partial charge on any atom is 0.429 e. The van der Waals surface area contributed by atoms with Crippen molar-refractivity contribution in [3.8, 4) is 16.2 Å². The summed E-state index contributed by atoms with van der Waals surface area (Å²) < 4.78 is 113. The fraction of sp³-hybridized carbons (Fsp3) is 0.238. The van der Waals surface area contributed by atoms with E-state index in [2.05, 4.69) is 4.74 Å². The molecular weight excluding hydrogens is 452 g/mol. The van der Waals surface area contributed by atoms with Crippen molar-refractivity contribution in [2.45, 2.75) is 32.6 Å². The van der Waals surface area contributed by atoms with Crippen LogP contribution >= 0.6 is 11.3 Å². The Morgan fingerprint density at radius 2 is 1.42 bits per heavy atom. The fourth-order valence-electron chi connectivity index (χ4n) is 3.06. The average Bonchev–Trinajstić information content (AvgIpc) is 3.07. The molecule has 166 valence electrons. The van der Waals surface area contributed by atoms with Crippen molar-refractivity contribution in [3.63, 3.8) is 0 Å². The number of benzene rings is 2. The second-order valence-corrected chi connectivity index (χ2v) is 7.82. The Balaban J connectivity index is 1.97. The number of thiophene rings is 1. The van der Waals surface area contributed by atoms with E-state index in [4.69, 9.17) is 0 Å². The van der Waals surface area contributed by atoms with Gasteiger partial charge in [0.2, 0.25) is 0 Å². The van der Waals surface area contributed by atoms with E-state index in [0.29, 0.717) is 10.4 Å². The second-order valence-electron chi connectivity index (χ2n) is 6.65. The molecule has 1 nitrogen and oxygen atoms in total. The van der Waals surface area contributed by atoms with Crippen LogP contribution < -0.4 is 4.74 Å². The van der Waals surface area contributed by atoms with E-state index in [-0.39, 0.29) is 17.7 Å². The van der Waals surface area contributed by atoms with Gasteiger partial charge in [-0.05, 0) is 48.7 Å². The number of ether oxygens (including phenoxy) is 1. The molecule has 31 heavy (non-hydrogen) atoms. The molecule has 1 aromatic heterocycles. The molecule has 0 unspecified atom stereocenters. The van der Waals surface area contributed by atoms with Gasteiger partial charge in [0.25, 0.3) is 0 Å². The van der Waals surface area contributed by atoms with Crippen molar-refractivity contribution < 1.29 is 39.9 Å². The number of rotatable bonds is 5. The molecule has 0 radical (unpaired) electrons. The minimum atomic E-state index is -5.37. The standard InChI is InChI=1S/C21H14F8OS/c1-3-13-4-5-17(31-13)11-6-10(2)18(14(22)7-11)21(28,29)30-12-8-15(23)19(16(24)9-12)20(25,26)27/h4-9H,3H2,1-2H3. The zero-order valence-corrected chi connectivity index (χ0v) is 16.8. The van der Waals surface area contributed by atoms with Crippen LogP contribution in [0.15, 0.2) is 36.4 Å². The van der Waals surface area contributed by atoms with Gasteiger partial charge in [-0.15, -0.1) is 11.3 Å². The minimum Gasteiger partial charge on any atom is -0.429 e. The molecule has 0 atom stereocenters. The quantitative estimate of drug-likeness (QED) is 0.348. The van der Waals surface area contributed by atoms with Gasteiger partial charge in [0.1, 0.15) is 34.3 Å². The van der Waals surface area contributed by atoms with Crippen LogP contribution in [0.3, 0.4) is 0 Å². The van der Waals surface area contributed by atoms with Crippen LogP contribution in [-0.4, -0.2) is 0 Å². The molecule has 0 bridgehead atoms. The highest BCUT2D eigenvalue weighted by molar-refractivity contribution is 7.15. The van der Waals surface area contributed by atoms with Crippen molar-refractivity contribution in [3.05, 3.63) is 75.4 Å². The second kappa shape index (κ2) is 8.14. The Labute approximate surface area is 175 Å². The number of alkyl halides is 5. The van der Waals surface area contributed by atoms with Crippen molar-refractivity contribution in [1.29, 1.82) is 0 Å². The van der Waals surface area contributed by atoms with Gasteiger partial charge < -0.3 is 4.74 Å². The van der Waals surface area contributed by atoms with Gasteiger partial charge in [0.05, 0.1) is 0 Å². The van der Waals surface area contributed by atoms with E-state index in [9.17, 15) is 35.1 Å². The van der Waals surface area contributed by atoms with Gasteiger partial charge in [-0.2, -0.15) is 22.0 Å². The minimum absolute atomic E-state index is 0.0284. The first-order valence-corrected chi connectivity index (χ1v) is 9.68. The first-order valence-electron chi connectivity index (χ1n) is 8.86. The molecule has 0 amide bonds. The molecule has 0 aliphatic carbocycles. The van der Waals surface area contributed by atoms with Crippen LogP contribution in [0.4, 0.5) is 35.1 Å². The number of halogens is 8. The van der Waals surface area contributed by atoms with Gasteiger partial charge in [-0.25, -0.2) is 13.2 Å². The fourth-order valence-corrected chi connectivity index (χ4v) is 3.99. The highest BCUT2D eigenvalue weighted by Gasteiger charge is 2.42. The van der Waals surface area contributed by atoms with E-state index in [1.807, 2.05) is 13.0 Å². The third-order valence-corrected chi connectivity index (χ3v) is 5.70. The first-order chi connectivity index (χ1) is 14.3. The van der Waals surface area contributed by atoms with E-state index in [1.54, 1.807) is 6.07 Å². The van der Waals surface area contributed by atoms with Crippen molar-refractivity contribution in [2.75, 3.05) is 0 Å². The molecular formula is C21H14F8OS. The first kappa shape index (κ1) is 23.1. The van der Waals surface area contributed by atoms with Crippen LogP contribution in [0.1, 0.15) is 28.5 Å². The summed E-state index contributed by atoms with van der Waals surface area (Å²) in [4.78, 5) is 1.67. The Hall–Kier alpha value is -2.62. The zero-order chi connectivity index (χ0) is 23.1. The lowest BCUT2D eigenvalue weighted by atomic mass is 10.0. The molecule has 0 N–H and O–H groups in total. The summed E-state index contributed by atoms with van der Waals surface area (Å²) in [6.45, 7) is 3.12. The SMILES string of the molecule is CCc1ccc(-c2cc(C)c(C(F)(F)Oc3cc(F)c(C(F)(F)F)c(F)c3)c(F)c2)s1. The molecule has 0 saturated heterocycles. The zero-order valence-electron chi connectivity index (χ0n) is 16.0. The van der Waals surface area contributed by atoms with E-state index < -0.39 is 46.6 Å². The average molecular weight is 466 g/mol. The predicted molar refractivity (Wildman–Crippen MR) is 99.7 cm³/mol. The van der Waals surface area contributed by atoms with Gasteiger partial charge in [0, 0.05) is 21.9 Å². The normalized spacial score (nSPS) is 12.3. The van der Waals surface area contributed by atoms with Gasteiger partial charge >= 0.3 is 12.3 Å². The largest absolute Gasteiger partial charge is 0.429 e. The predicted octanol–water partition coefficient (Wildman–Crippen LogP) is 7.85. The molecule has 0 fully saturated rings. The highest BCUT2D eigenvalue weighted by Crippen LogP contribution is 2.40. The summed E-state index contributed by atoms with van der Waals surface area (Å²) in [5, 5.41) is 0. The van der Waals surface area contributed by atoms with Gasteiger partial charge in [-0.1, -0.05) is 6.92 Å². The van der Waals surface area contributed by atoms with Crippen molar-refractivity contribution >= 4 is 11.3 Å². The van der Waals surface area contributed by atoms with E-state index >= 15 is 0 Å². The maximum absolute atomic E-state index is 14.6.